The molecule has 0 amide bonds. The Morgan fingerprint density at radius 3 is 2.82 bits per heavy atom. The average Bonchev–Trinajstić information content (AvgIpc) is 2.76. The van der Waals surface area contributed by atoms with E-state index < -0.39 is 0 Å². The van der Waals surface area contributed by atoms with E-state index in [-0.39, 0.29) is 0 Å². The number of hydrogen-bond acceptors (Lipinski definition) is 3. The van der Waals surface area contributed by atoms with Crippen molar-refractivity contribution in [3.05, 3.63) is 11.6 Å². The topological polar surface area (TPSA) is 56.7 Å². The lowest BCUT2D eigenvalue weighted by Gasteiger charge is -2.03. The van der Waals surface area contributed by atoms with Crippen LogP contribution in [0, 0.1) is 6.92 Å². The van der Waals surface area contributed by atoms with Gasteiger partial charge in [-0.15, -0.1) is 10.2 Å². The first kappa shape index (κ1) is 6.79. The Kier molecular flexibility index (Phi) is 1.42. The largest absolute Gasteiger partial charge is 0.324 e. The molecule has 0 aromatic carbocycles. The molecule has 0 saturated heterocycles. The monoisotopic (exact) mass is 152 g/mol. The van der Waals surface area contributed by atoms with Crippen LogP contribution in [0.2, 0.25) is 0 Å². The first-order valence-corrected chi connectivity index (χ1v) is 3.93. The van der Waals surface area contributed by atoms with Crippen molar-refractivity contribution in [3.63, 3.8) is 0 Å². The Morgan fingerprint density at radius 1 is 1.55 bits per heavy atom. The summed E-state index contributed by atoms with van der Waals surface area (Å²) in [7, 11) is 0. The SMILES string of the molecule is Cc1nnc(CN)n1C1CC1. The van der Waals surface area contributed by atoms with Crippen LogP contribution in [-0.4, -0.2) is 14.8 Å². The lowest BCUT2D eigenvalue weighted by Crippen LogP contribution is -2.08. The van der Waals surface area contributed by atoms with Gasteiger partial charge in [0, 0.05) is 6.04 Å². The van der Waals surface area contributed by atoms with Gasteiger partial charge in [0.25, 0.3) is 0 Å². The fraction of sp³-hybridized carbons (Fsp3) is 0.714. The molecule has 4 heteroatoms. The molecule has 2 rings (SSSR count). The van der Waals surface area contributed by atoms with Gasteiger partial charge >= 0.3 is 0 Å². The zero-order chi connectivity index (χ0) is 7.84. The van der Waals surface area contributed by atoms with Gasteiger partial charge in [-0.05, 0) is 19.8 Å². The molecular formula is C7H12N4. The molecule has 1 saturated carbocycles. The molecule has 0 unspecified atom stereocenters. The molecule has 1 aromatic heterocycles. The molecule has 60 valence electrons. The minimum absolute atomic E-state index is 0.497. The van der Waals surface area contributed by atoms with Crippen molar-refractivity contribution in [3.8, 4) is 0 Å². The van der Waals surface area contributed by atoms with Crippen molar-refractivity contribution in [2.45, 2.75) is 32.4 Å². The summed E-state index contributed by atoms with van der Waals surface area (Å²) in [5, 5.41) is 7.97. The molecule has 2 N–H and O–H groups in total. The van der Waals surface area contributed by atoms with Crippen molar-refractivity contribution in [2.24, 2.45) is 5.73 Å². The predicted molar refractivity (Wildman–Crippen MR) is 40.9 cm³/mol. The summed E-state index contributed by atoms with van der Waals surface area (Å²) < 4.78 is 2.15. The van der Waals surface area contributed by atoms with E-state index in [1.54, 1.807) is 0 Å². The predicted octanol–water partition coefficient (Wildman–Crippen LogP) is 0.380. The summed E-state index contributed by atoms with van der Waals surface area (Å²) in [6, 6.07) is 0.642. The molecule has 0 aliphatic heterocycles. The van der Waals surface area contributed by atoms with Crippen LogP contribution in [0.5, 0.6) is 0 Å². The van der Waals surface area contributed by atoms with E-state index in [2.05, 4.69) is 14.8 Å². The third kappa shape index (κ3) is 1.03. The van der Waals surface area contributed by atoms with Crippen molar-refractivity contribution in [1.29, 1.82) is 0 Å². The van der Waals surface area contributed by atoms with Gasteiger partial charge in [-0.3, -0.25) is 0 Å². The van der Waals surface area contributed by atoms with E-state index in [9.17, 15) is 0 Å². The molecule has 11 heavy (non-hydrogen) atoms. The number of nitrogens with two attached hydrogens (primary N) is 1. The second-order valence-corrected chi connectivity index (χ2v) is 2.97. The highest BCUT2D eigenvalue weighted by atomic mass is 15.3. The number of hydrogen-bond donors (Lipinski definition) is 1. The molecule has 1 heterocycles. The van der Waals surface area contributed by atoms with Gasteiger partial charge in [0.2, 0.25) is 0 Å². The number of aryl methyl sites for hydroxylation is 1. The Balaban J connectivity index is 2.38. The van der Waals surface area contributed by atoms with Crippen molar-refractivity contribution in [2.75, 3.05) is 0 Å². The van der Waals surface area contributed by atoms with Crippen LogP contribution < -0.4 is 5.73 Å². The van der Waals surface area contributed by atoms with Gasteiger partial charge in [0.15, 0.2) is 0 Å². The van der Waals surface area contributed by atoms with Crippen LogP contribution in [0.3, 0.4) is 0 Å². The zero-order valence-corrected chi connectivity index (χ0v) is 6.62. The Bertz CT molecular complexity index is 261. The third-order valence-corrected chi connectivity index (χ3v) is 2.03. The zero-order valence-electron chi connectivity index (χ0n) is 6.62. The summed E-state index contributed by atoms with van der Waals surface area (Å²) in [4.78, 5) is 0. The van der Waals surface area contributed by atoms with Crippen molar-refractivity contribution < 1.29 is 0 Å². The molecule has 1 aliphatic rings. The fourth-order valence-electron chi connectivity index (χ4n) is 1.36. The summed E-state index contributed by atoms with van der Waals surface area (Å²) in [5.41, 5.74) is 5.51. The van der Waals surface area contributed by atoms with Gasteiger partial charge in [-0.1, -0.05) is 0 Å². The van der Waals surface area contributed by atoms with Crippen LogP contribution >= 0.6 is 0 Å². The van der Waals surface area contributed by atoms with Gasteiger partial charge in [0.05, 0.1) is 6.54 Å². The lowest BCUT2D eigenvalue weighted by molar-refractivity contribution is 0.663. The molecule has 0 radical (unpaired) electrons. The van der Waals surface area contributed by atoms with Gasteiger partial charge < -0.3 is 10.3 Å². The Labute approximate surface area is 65.4 Å². The fourth-order valence-corrected chi connectivity index (χ4v) is 1.36. The lowest BCUT2D eigenvalue weighted by atomic mass is 10.5. The van der Waals surface area contributed by atoms with Crippen LogP contribution in [0.1, 0.15) is 30.5 Å². The van der Waals surface area contributed by atoms with Crippen LogP contribution in [0.25, 0.3) is 0 Å². The van der Waals surface area contributed by atoms with E-state index in [1.165, 1.54) is 12.8 Å². The molecule has 0 spiro atoms. The van der Waals surface area contributed by atoms with E-state index >= 15 is 0 Å². The molecule has 1 fully saturated rings. The quantitative estimate of drug-likeness (QED) is 0.666. The molecule has 0 bridgehead atoms. The van der Waals surface area contributed by atoms with Gasteiger partial charge in [-0.25, -0.2) is 0 Å². The van der Waals surface area contributed by atoms with Crippen LogP contribution in [-0.2, 0) is 6.54 Å². The van der Waals surface area contributed by atoms with Gasteiger partial charge in [0.1, 0.15) is 11.6 Å². The summed E-state index contributed by atoms with van der Waals surface area (Å²) in [5.74, 6) is 1.91. The molecule has 1 aromatic rings. The Morgan fingerprint density at radius 2 is 2.27 bits per heavy atom. The first-order valence-electron chi connectivity index (χ1n) is 3.93. The molecule has 0 atom stereocenters. The molecule has 4 nitrogen and oxygen atoms in total. The normalized spacial score (nSPS) is 17.3. The minimum atomic E-state index is 0.497. The highest BCUT2D eigenvalue weighted by Gasteiger charge is 2.27. The maximum atomic E-state index is 5.51. The maximum Gasteiger partial charge on any atom is 0.147 e. The molecule has 1 aliphatic carbocycles. The van der Waals surface area contributed by atoms with Crippen LogP contribution in [0.15, 0.2) is 0 Å². The van der Waals surface area contributed by atoms with Gasteiger partial charge in [-0.2, -0.15) is 0 Å². The maximum absolute atomic E-state index is 5.51. The average molecular weight is 152 g/mol. The Hall–Kier alpha value is -0.900. The van der Waals surface area contributed by atoms with Crippen molar-refractivity contribution in [1.82, 2.24) is 14.8 Å². The first-order chi connectivity index (χ1) is 5.33. The van der Waals surface area contributed by atoms with E-state index in [0.717, 1.165) is 11.6 Å². The highest BCUT2D eigenvalue weighted by molar-refractivity contribution is 5.00. The summed E-state index contributed by atoms with van der Waals surface area (Å²) >= 11 is 0. The molecular weight excluding hydrogens is 140 g/mol. The number of nitrogens with zero attached hydrogens (tertiary/aromatic N) is 3. The second-order valence-electron chi connectivity index (χ2n) is 2.97. The number of aromatic nitrogens is 3. The highest BCUT2D eigenvalue weighted by Crippen LogP contribution is 2.36. The van der Waals surface area contributed by atoms with E-state index in [1.807, 2.05) is 6.92 Å². The number of rotatable bonds is 2. The van der Waals surface area contributed by atoms with Crippen molar-refractivity contribution >= 4 is 0 Å². The smallest absolute Gasteiger partial charge is 0.147 e. The third-order valence-electron chi connectivity index (χ3n) is 2.03. The standard InChI is InChI=1S/C7H12N4/c1-5-9-10-7(4-8)11(5)6-2-3-6/h6H,2-4,8H2,1H3. The van der Waals surface area contributed by atoms with E-state index in [4.69, 9.17) is 5.73 Å². The minimum Gasteiger partial charge on any atom is -0.324 e. The summed E-state index contributed by atoms with van der Waals surface area (Å²) in [6.07, 6.45) is 2.51. The van der Waals surface area contributed by atoms with Crippen LogP contribution in [0.4, 0.5) is 0 Å². The van der Waals surface area contributed by atoms with E-state index in [0.29, 0.717) is 12.6 Å². The summed E-state index contributed by atoms with van der Waals surface area (Å²) in [6.45, 7) is 2.47. The second kappa shape index (κ2) is 2.30.